The molecule has 0 spiro atoms. The highest BCUT2D eigenvalue weighted by atomic mass is 16.5. The molecule has 2 N–H and O–H groups in total. The van der Waals surface area contributed by atoms with E-state index in [4.69, 9.17) is 9.84 Å². The molecule has 0 bridgehead atoms. The van der Waals surface area contributed by atoms with Gasteiger partial charge in [0.1, 0.15) is 5.65 Å². The largest absolute Gasteiger partial charge is 0.481 e. The van der Waals surface area contributed by atoms with Gasteiger partial charge in [-0.25, -0.2) is 4.98 Å². The number of ether oxygens (including phenoxy) is 1. The number of carboxylic acids is 1. The van der Waals surface area contributed by atoms with Gasteiger partial charge >= 0.3 is 5.97 Å². The predicted molar refractivity (Wildman–Crippen MR) is 94.3 cm³/mol. The molecule has 7 heteroatoms. The Labute approximate surface area is 147 Å². The average Bonchev–Trinajstić information content (AvgIpc) is 3.00. The predicted octanol–water partition coefficient (Wildman–Crippen LogP) is 2.08. The highest BCUT2D eigenvalue weighted by Crippen LogP contribution is 2.17. The molecule has 0 aliphatic carbocycles. The van der Waals surface area contributed by atoms with E-state index < -0.39 is 11.9 Å². The Hall–Kier alpha value is -2.41. The number of aromatic nitrogens is 2. The van der Waals surface area contributed by atoms with Crippen LogP contribution >= 0.6 is 0 Å². The van der Waals surface area contributed by atoms with Gasteiger partial charge in [-0.15, -0.1) is 0 Å². The normalized spacial score (nSPS) is 12.2. The van der Waals surface area contributed by atoms with Crippen molar-refractivity contribution in [3.63, 3.8) is 0 Å². The summed E-state index contributed by atoms with van der Waals surface area (Å²) in [6.07, 6.45) is 4.38. The van der Waals surface area contributed by atoms with Gasteiger partial charge in [0.15, 0.2) is 0 Å². The zero-order valence-electron chi connectivity index (χ0n) is 14.7. The Kier molecular flexibility index (Phi) is 6.94. The maximum Gasteiger partial charge on any atom is 0.308 e. The number of nitrogens with zero attached hydrogens (tertiary/aromatic N) is 2. The van der Waals surface area contributed by atoms with Crippen molar-refractivity contribution < 1.29 is 19.4 Å². The second kappa shape index (κ2) is 9.17. The van der Waals surface area contributed by atoms with E-state index in [-0.39, 0.29) is 18.9 Å². The Morgan fingerprint density at radius 3 is 2.96 bits per heavy atom. The number of pyridine rings is 1. The number of aromatic amines is 1. The summed E-state index contributed by atoms with van der Waals surface area (Å²) in [7, 11) is 0. The molecule has 2 heterocycles. The monoisotopic (exact) mass is 347 g/mol. The minimum Gasteiger partial charge on any atom is -0.481 e. The molecule has 0 aromatic carbocycles. The van der Waals surface area contributed by atoms with Gasteiger partial charge < -0.3 is 19.7 Å². The fourth-order valence-electron chi connectivity index (χ4n) is 2.66. The summed E-state index contributed by atoms with van der Waals surface area (Å²) in [5.74, 6) is -1.60. The van der Waals surface area contributed by atoms with E-state index in [0.717, 1.165) is 16.6 Å². The molecule has 0 saturated heterocycles. The van der Waals surface area contributed by atoms with Crippen LogP contribution in [0.25, 0.3) is 11.0 Å². The number of carbonyl (C=O) groups excluding carboxylic acids is 1. The molecule has 2 rings (SSSR count). The van der Waals surface area contributed by atoms with Crippen LogP contribution in [0.15, 0.2) is 24.5 Å². The molecular weight excluding hydrogens is 322 g/mol. The lowest BCUT2D eigenvalue weighted by Crippen LogP contribution is -2.38. The Bertz CT molecular complexity index is 713. The standard InChI is InChI=1S/C18H25N3O4/c1-3-25-9-5-8-21(12-13(2)18(23)24)16(22)10-14-11-20-17-15(14)6-4-7-19-17/h4,6-7,11,13H,3,5,8-10,12H2,1-2H3,(H,19,20)(H,23,24). The second-order valence-electron chi connectivity index (χ2n) is 6.02. The number of carbonyl (C=O) groups is 2. The number of carboxylic acid groups (broad SMARTS) is 1. The third-order valence-corrected chi connectivity index (χ3v) is 4.07. The SMILES string of the molecule is CCOCCCN(CC(C)C(=O)O)C(=O)Cc1c[nH]c2ncccc12. The molecule has 0 fully saturated rings. The fraction of sp³-hybridized carbons (Fsp3) is 0.500. The van der Waals surface area contributed by atoms with Gasteiger partial charge in [-0.05, 0) is 31.0 Å². The van der Waals surface area contributed by atoms with Crippen molar-refractivity contribution in [2.75, 3.05) is 26.3 Å². The van der Waals surface area contributed by atoms with Crippen molar-refractivity contribution in [1.29, 1.82) is 0 Å². The lowest BCUT2D eigenvalue weighted by Gasteiger charge is -2.24. The molecule has 0 saturated carbocycles. The molecule has 2 aromatic rings. The molecule has 7 nitrogen and oxygen atoms in total. The van der Waals surface area contributed by atoms with E-state index >= 15 is 0 Å². The smallest absolute Gasteiger partial charge is 0.308 e. The minimum atomic E-state index is -0.904. The number of nitrogens with one attached hydrogen (secondary N) is 1. The number of hydrogen-bond acceptors (Lipinski definition) is 4. The van der Waals surface area contributed by atoms with Gasteiger partial charge in [0.25, 0.3) is 0 Å². The third-order valence-electron chi connectivity index (χ3n) is 4.07. The van der Waals surface area contributed by atoms with E-state index in [1.54, 1.807) is 24.2 Å². The summed E-state index contributed by atoms with van der Waals surface area (Å²) in [6, 6.07) is 3.75. The van der Waals surface area contributed by atoms with Crippen molar-refractivity contribution in [1.82, 2.24) is 14.9 Å². The molecule has 0 aliphatic rings. The van der Waals surface area contributed by atoms with Crippen molar-refractivity contribution >= 4 is 22.9 Å². The number of fused-ring (bicyclic) bond motifs is 1. The van der Waals surface area contributed by atoms with Crippen LogP contribution in [0.3, 0.4) is 0 Å². The third kappa shape index (κ3) is 5.29. The topological polar surface area (TPSA) is 95.5 Å². The van der Waals surface area contributed by atoms with Gasteiger partial charge in [0, 0.05) is 44.1 Å². The number of H-pyrrole nitrogens is 1. The fourth-order valence-corrected chi connectivity index (χ4v) is 2.66. The van der Waals surface area contributed by atoms with Crippen LogP contribution in [0.5, 0.6) is 0 Å². The molecule has 0 radical (unpaired) electrons. The number of amides is 1. The molecule has 2 aromatic heterocycles. The van der Waals surface area contributed by atoms with Crippen LogP contribution in [0, 0.1) is 5.92 Å². The van der Waals surface area contributed by atoms with Crippen LogP contribution in [-0.2, 0) is 20.7 Å². The summed E-state index contributed by atoms with van der Waals surface area (Å²) in [6.45, 7) is 5.39. The average molecular weight is 347 g/mol. The van der Waals surface area contributed by atoms with E-state index in [0.29, 0.717) is 26.2 Å². The van der Waals surface area contributed by atoms with Gasteiger partial charge in [-0.2, -0.15) is 0 Å². The van der Waals surface area contributed by atoms with Crippen LogP contribution in [0.4, 0.5) is 0 Å². The highest BCUT2D eigenvalue weighted by Gasteiger charge is 2.21. The minimum absolute atomic E-state index is 0.0886. The first kappa shape index (κ1) is 18.9. The number of aliphatic carboxylic acids is 1. The molecular formula is C18H25N3O4. The molecule has 1 amide bonds. The Morgan fingerprint density at radius 2 is 2.24 bits per heavy atom. The summed E-state index contributed by atoms with van der Waals surface area (Å²) >= 11 is 0. The number of rotatable bonds is 10. The van der Waals surface area contributed by atoms with Crippen molar-refractivity contribution in [3.8, 4) is 0 Å². The Balaban J connectivity index is 2.06. The first-order valence-electron chi connectivity index (χ1n) is 8.52. The first-order chi connectivity index (χ1) is 12.0. The molecule has 136 valence electrons. The van der Waals surface area contributed by atoms with Crippen LogP contribution < -0.4 is 0 Å². The zero-order valence-corrected chi connectivity index (χ0v) is 14.7. The van der Waals surface area contributed by atoms with Crippen molar-refractivity contribution in [3.05, 3.63) is 30.1 Å². The summed E-state index contributed by atoms with van der Waals surface area (Å²) in [4.78, 5) is 32.8. The lowest BCUT2D eigenvalue weighted by atomic mass is 10.1. The molecule has 1 unspecified atom stereocenters. The molecule has 25 heavy (non-hydrogen) atoms. The highest BCUT2D eigenvalue weighted by molar-refractivity contribution is 5.87. The van der Waals surface area contributed by atoms with Gasteiger partial charge in [0.05, 0.1) is 12.3 Å². The number of hydrogen-bond donors (Lipinski definition) is 2. The maximum absolute atomic E-state index is 12.7. The van der Waals surface area contributed by atoms with Gasteiger partial charge in [-0.3, -0.25) is 9.59 Å². The van der Waals surface area contributed by atoms with Gasteiger partial charge in [-0.1, -0.05) is 6.92 Å². The van der Waals surface area contributed by atoms with Gasteiger partial charge in [0.2, 0.25) is 5.91 Å². The molecule has 1 atom stereocenters. The first-order valence-corrected chi connectivity index (χ1v) is 8.52. The van der Waals surface area contributed by atoms with Crippen molar-refractivity contribution in [2.45, 2.75) is 26.7 Å². The van der Waals surface area contributed by atoms with E-state index in [2.05, 4.69) is 9.97 Å². The maximum atomic E-state index is 12.7. The summed E-state index contributed by atoms with van der Waals surface area (Å²) < 4.78 is 5.31. The zero-order chi connectivity index (χ0) is 18.2. The quantitative estimate of drug-likeness (QED) is 0.642. The lowest BCUT2D eigenvalue weighted by molar-refractivity contribution is -0.143. The second-order valence-corrected chi connectivity index (χ2v) is 6.02. The Morgan fingerprint density at radius 1 is 1.44 bits per heavy atom. The van der Waals surface area contributed by atoms with E-state index in [9.17, 15) is 9.59 Å². The van der Waals surface area contributed by atoms with Crippen molar-refractivity contribution in [2.24, 2.45) is 5.92 Å². The van der Waals surface area contributed by atoms with E-state index in [1.807, 2.05) is 19.1 Å². The molecule has 0 aliphatic heterocycles. The van der Waals surface area contributed by atoms with E-state index in [1.165, 1.54) is 0 Å². The van der Waals surface area contributed by atoms with Crippen LogP contribution in [0.2, 0.25) is 0 Å². The summed E-state index contributed by atoms with van der Waals surface area (Å²) in [5.41, 5.74) is 1.61. The van der Waals surface area contributed by atoms with Crippen LogP contribution in [-0.4, -0.2) is 58.2 Å². The summed E-state index contributed by atoms with van der Waals surface area (Å²) in [5, 5.41) is 10.1. The van der Waals surface area contributed by atoms with Crippen LogP contribution in [0.1, 0.15) is 25.8 Å².